The zero-order valence-electron chi connectivity index (χ0n) is 14.3. The molecule has 23 heavy (non-hydrogen) atoms. The van der Waals surface area contributed by atoms with Gasteiger partial charge in [-0.1, -0.05) is 58.3 Å². The van der Waals surface area contributed by atoms with E-state index in [-0.39, 0.29) is 22.7 Å². The first-order valence-corrected chi connectivity index (χ1v) is 8.89. The summed E-state index contributed by atoms with van der Waals surface area (Å²) in [6.45, 7) is 1.23. The van der Waals surface area contributed by atoms with E-state index in [1.54, 1.807) is 0 Å². The molecule has 0 atom stereocenters. The largest absolute Gasteiger partial charge is 0.392 e. The average Bonchev–Trinajstić information content (AvgIpc) is 2.55. The van der Waals surface area contributed by atoms with Crippen molar-refractivity contribution in [2.24, 2.45) is 0 Å². The van der Waals surface area contributed by atoms with Gasteiger partial charge in [0.05, 0.1) is 13.2 Å². The zero-order valence-corrected chi connectivity index (χ0v) is 14.3. The Labute approximate surface area is 139 Å². The quantitative estimate of drug-likeness (QED) is 0.427. The molecule has 0 fully saturated rings. The van der Waals surface area contributed by atoms with E-state index in [0.29, 0.717) is 12.0 Å². The van der Waals surface area contributed by atoms with E-state index in [1.807, 2.05) is 0 Å². The Hall–Kier alpha value is -1.26. The lowest BCUT2D eigenvalue weighted by Gasteiger charge is -2.16. The lowest BCUT2D eigenvalue weighted by atomic mass is 9.87. The van der Waals surface area contributed by atoms with Crippen molar-refractivity contribution >= 4 is 11.6 Å². The monoisotopic (exact) mass is 322 g/mol. The predicted octanol–water partition coefficient (Wildman–Crippen LogP) is 3.27. The first-order chi connectivity index (χ1) is 11.2. The van der Waals surface area contributed by atoms with Crippen molar-refractivity contribution in [2.45, 2.75) is 71.1 Å². The average molecular weight is 322 g/mol. The molecule has 0 amide bonds. The second kappa shape index (κ2) is 11.3. The molecule has 0 heterocycles. The minimum Gasteiger partial charge on any atom is -0.392 e. The molecule has 0 saturated carbocycles. The molecule has 0 unspecified atom stereocenters. The number of aliphatic hydroxyl groups is 2. The molecule has 4 nitrogen and oxygen atoms in total. The summed E-state index contributed by atoms with van der Waals surface area (Å²) >= 11 is 0. The third-order valence-electron chi connectivity index (χ3n) is 4.40. The molecule has 1 aliphatic carbocycles. The predicted molar refractivity (Wildman–Crippen MR) is 91.1 cm³/mol. The van der Waals surface area contributed by atoms with Gasteiger partial charge in [-0.25, -0.2) is 0 Å². The van der Waals surface area contributed by atoms with Crippen molar-refractivity contribution in [2.75, 3.05) is 13.2 Å². The van der Waals surface area contributed by atoms with Crippen molar-refractivity contribution < 1.29 is 19.8 Å². The number of allylic oxidation sites excluding steroid dienone is 2. The SMILES string of the molecule is CCCCCCCCCCCC1=CC(=O)C(CO)=C(CO)C1=O. The fourth-order valence-corrected chi connectivity index (χ4v) is 2.94. The van der Waals surface area contributed by atoms with Crippen LogP contribution in [0.25, 0.3) is 0 Å². The third kappa shape index (κ3) is 6.40. The number of ketones is 2. The van der Waals surface area contributed by atoms with Gasteiger partial charge in [-0.15, -0.1) is 0 Å². The van der Waals surface area contributed by atoms with Crippen molar-refractivity contribution in [3.63, 3.8) is 0 Å². The van der Waals surface area contributed by atoms with Crippen LogP contribution in [0.15, 0.2) is 22.8 Å². The maximum Gasteiger partial charge on any atom is 0.187 e. The van der Waals surface area contributed by atoms with Crippen LogP contribution in [0.5, 0.6) is 0 Å². The highest BCUT2D eigenvalue weighted by atomic mass is 16.3. The van der Waals surface area contributed by atoms with Gasteiger partial charge in [-0.05, 0) is 18.9 Å². The van der Waals surface area contributed by atoms with Crippen LogP contribution >= 0.6 is 0 Å². The Kier molecular flexibility index (Phi) is 9.72. The minimum absolute atomic E-state index is 0.0355. The Morgan fingerprint density at radius 1 is 0.783 bits per heavy atom. The van der Waals surface area contributed by atoms with Crippen LogP contribution < -0.4 is 0 Å². The number of carbonyl (C=O) groups excluding carboxylic acids is 2. The molecule has 130 valence electrons. The molecule has 0 radical (unpaired) electrons. The highest BCUT2D eigenvalue weighted by Gasteiger charge is 2.26. The first kappa shape index (κ1) is 19.8. The van der Waals surface area contributed by atoms with E-state index < -0.39 is 13.2 Å². The summed E-state index contributed by atoms with van der Waals surface area (Å²) in [5.74, 6) is -0.627. The van der Waals surface area contributed by atoms with Gasteiger partial charge in [-0.2, -0.15) is 0 Å². The van der Waals surface area contributed by atoms with Gasteiger partial charge in [0.1, 0.15) is 0 Å². The molecule has 1 aliphatic rings. The summed E-state index contributed by atoms with van der Waals surface area (Å²) < 4.78 is 0. The number of unbranched alkanes of at least 4 members (excludes halogenated alkanes) is 8. The molecule has 4 heteroatoms. The summed E-state index contributed by atoms with van der Waals surface area (Å²) in [6.07, 6.45) is 12.7. The number of Topliss-reactive ketones (excluding diaryl/α,β-unsaturated/α-hetero) is 1. The summed E-state index contributed by atoms with van der Waals surface area (Å²) in [4.78, 5) is 24.0. The second-order valence-corrected chi connectivity index (χ2v) is 6.21. The molecule has 0 aromatic carbocycles. The smallest absolute Gasteiger partial charge is 0.187 e. The molecule has 1 rings (SSSR count). The summed E-state index contributed by atoms with van der Waals surface area (Å²) in [5, 5.41) is 18.4. The summed E-state index contributed by atoms with van der Waals surface area (Å²) in [6, 6.07) is 0. The van der Waals surface area contributed by atoms with Gasteiger partial charge in [0.15, 0.2) is 11.6 Å². The third-order valence-corrected chi connectivity index (χ3v) is 4.40. The van der Waals surface area contributed by atoms with Crippen molar-refractivity contribution in [1.29, 1.82) is 0 Å². The van der Waals surface area contributed by atoms with E-state index >= 15 is 0 Å². The van der Waals surface area contributed by atoms with Gasteiger partial charge in [0.25, 0.3) is 0 Å². The Morgan fingerprint density at radius 2 is 1.30 bits per heavy atom. The number of rotatable bonds is 12. The molecule has 0 aliphatic heterocycles. The number of aliphatic hydroxyl groups excluding tert-OH is 2. The Morgan fingerprint density at radius 3 is 1.83 bits per heavy atom. The van der Waals surface area contributed by atoms with Crippen LogP contribution in [0.4, 0.5) is 0 Å². The molecular weight excluding hydrogens is 292 g/mol. The summed E-state index contributed by atoms with van der Waals surface area (Å²) in [7, 11) is 0. The number of carbonyl (C=O) groups is 2. The van der Waals surface area contributed by atoms with Crippen LogP contribution in [0.1, 0.15) is 71.1 Å². The fourth-order valence-electron chi connectivity index (χ4n) is 2.94. The minimum atomic E-state index is -0.498. The van der Waals surface area contributed by atoms with Crippen molar-refractivity contribution in [3.05, 3.63) is 22.8 Å². The van der Waals surface area contributed by atoms with Crippen molar-refractivity contribution in [1.82, 2.24) is 0 Å². The fraction of sp³-hybridized carbons (Fsp3) is 0.684. The first-order valence-electron chi connectivity index (χ1n) is 8.89. The van der Waals surface area contributed by atoms with Gasteiger partial charge >= 0.3 is 0 Å². The number of hydrogen-bond acceptors (Lipinski definition) is 4. The highest BCUT2D eigenvalue weighted by Crippen LogP contribution is 2.23. The van der Waals surface area contributed by atoms with E-state index in [1.165, 1.54) is 44.6 Å². The molecule has 0 spiro atoms. The van der Waals surface area contributed by atoms with E-state index in [0.717, 1.165) is 19.3 Å². The van der Waals surface area contributed by atoms with Crippen molar-refractivity contribution in [3.8, 4) is 0 Å². The number of hydrogen-bond donors (Lipinski definition) is 2. The topological polar surface area (TPSA) is 74.6 Å². The van der Waals surface area contributed by atoms with E-state index in [4.69, 9.17) is 5.11 Å². The molecule has 0 saturated heterocycles. The molecular formula is C19H30O4. The lowest BCUT2D eigenvalue weighted by molar-refractivity contribution is -0.116. The molecule has 0 bridgehead atoms. The zero-order chi connectivity index (χ0) is 17.1. The van der Waals surface area contributed by atoms with Gasteiger partial charge in [0.2, 0.25) is 0 Å². The van der Waals surface area contributed by atoms with Crippen LogP contribution in [0, 0.1) is 0 Å². The van der Waals surface area contributed by atoms with Crippen LogP contribution in [0.3, 0.4) is 0 Å². The molecule has 0 aromatic heterocycles. The lowest BCUT2D eigenvalue weighted by Crippen LogP contribution is -2.23. The van der Waals surface area contributed by atoms with Gasteiger partial charge in [0, 0.05) is 16.7 Å². The summed E-state index contributed by atoms with van der Waals surface area (Å²) in [5.41, 5.74) is 0.568. The highest BCUT2D eigenvalue weighted by molar-refractivity contribution is 6.22. The van der Waals surface area contributed by atoms with Gasteiger partial charge in [-0.3, -0.25) is 9.59 Å². The molecule has 0 aromatic rings. The molecule has 2 N–H and O–H groups in total. The maximum absolute atomic E-state index is 12.2. The van der Waals surface area contributed by atoms with Crippen LogP contribution in [0.2, 0.25) is 0 Å². The van der Waals surface area contributed by atoms with E-state index in [9.17, 15) is 14.7 Å². The normalized spacial score (nSPS) is 15.3. The standard InChI is InChI=1S/C19H30O4/c1-2-3-4-5-6-7-8-9-10-11-15-12-18(22)16(13-20)17(14-21)19(15)23/h12,20-21H,2-11,13-14H2,1H3. The van der Waals surface area contributed by atoms with Crippen LogP contribution in [-0.4, -0.2) is 35.0 Å². The maximum atomic E-state index is 12.2. The second-order valence-electron chi connectivity index (χ2n) is 6.21. The van der Waals surface area contributed by atoms with E-state index in [2.05, 4.69) is 6.92 Å². The van der Waals surface area contributed by atoms with Crippen LogP contribution in [-0.2, 0) is 9.59 Å². The Balaban J connectivity index is 2.28. The Bertz CT molecular complexity index is 460. The van der Waals surface area contributed by atoms with Gasteiger partial charge < -0.3 is 10.2 Å².